The number of hydrogen-bond donors (Lipinski definition) is 0. The Kier molecular flexibility index (Phi) is 6.94. The van der Waals surface area contributed by atoms with Crippen LogP contribution in [-0.2, 0) is 6.42 Å². The van der Waals surface area contributed by atoms with Crippen LogP contribution in [0.25, 0.3) is 10.4 Å². The van der Waals surface area contributed by atoms with E-state index in [1.54, 1.807) is 0 Å². The maximum absolute atomic E-state index is 8.09. The number of azide groups is 1. The highest BCUT2D eigenvalue weighted by Gasteiger charge is 1.92. The second-order valence-electron chi connectivity index (χ2n) is 3.96. The predicted molar refractivity (Wildman–Crippen MR) is 67.2 cm³/mol. The van der Waals surface area contributed by atoms with Crippen molar-refractivity contribution in [1.29, 1.82) is 0 Å². The van der Waals surface area contributed by atoms with Crippen molar-refractivity contribution in [3.05, 3.63) is 46.3 Å². The molecule has 0 atom stereocenters. The van der Waals surface area contributed by atoms with Crippen LogP contribution >= 0.6 is 0 Å². The normalized spacial score (nSPS) is 9.75. The summed E-state index contributed by atoms with van der Waals surface area (Å²) in [5.74, 6) is 0. The minimum absolute atomic E-state index is 0.648. The molecule has 0 radical (unpaired) electrons. The molecule has 1 aromatic rings. The van der Waals surface area contributed by atoms with Gasteiger partial charge in [-0.25, -0.2) is 0 Å². The Morgan fingerprint density at radius 1 is 0.938 bits per heavy atom. The van der Waals surface area contributed by atoms with Crippen molar-refractivity contribution < 1.29 is 0 Å². The van der Waals surface area contributed by atoms with E-state index in [1.807, 2.05) is 0 Å². The zero-order chi connectivity index (χ0) is 11.5. The molecule has 16 heavy (non-hydrogen) atoms. The molecule has 0 aliphatic carbocycles. The Balaban J connectivity index is 1.94. The Labute approximate surface area is 97.1 Å². The molecule has 1 aromatic carbocycles. The van der Waals surface area contributed by atoms with Crippen LogP contribution in [0.15, 0.2) is 35.4 Å². The van der Waals surface area contributed by atoms with Gasteiger partial charge in [0.2, 0.25) is 0 Å². The van der Waals surface area contributed by atoms with Crippen molar-refractivity contribution in [3.63, 3.8) is 0 Å². The average Bonchev–Trinajstić information content (AvgIpc) is 2.34. The summed E-state index contributed by atoms with van der Waals surface area (Å²) in [6, 6.07) is 10.6. The zero-order valence-corrected chi connectivity index (χ0v) is 9.68. The molecule has 0 aliphatic heterocycles. The van der Waals surface area contributed by atoms with Gasteiger partial charge in [0.15, 0.2) is 0 Å². The lowest BCUT2D eigenvalue weighted by Gasteiger charge is -2.01. The van der Waals surface area contributed by atoms with E-state index < -0.39 is 0 Å². The van der Waals surface area contributed by atoms with E-state index in [0.29, 0.717) is 6.54 Å². The maximum Gasteiger partial charge on any atom is 0.0257 e. The second kappa shape index (κ2) is 8.81. The molecule has 0 saturated carbocycles. The van der Waals surface area contributed by atoms with Crippen LogP contribution in [-0.4, -0.2) is 6.54 Å². The summed E-state index contributed by atoms with van der Waals surface area (Å²) in [7, 11) is 0. The van der Waals surface area contributed by atoms with Gasteiger partial charge in [0, 0.05) is 11.5 Å². The van der Waals surface area contributed by atoms with Gasteiger partial charge < -0.3 is 0 Å². The Hall–Kier alpha value is -1.47. The molecule has 0 heterocycles. The Morgan fingerprint density at radius 2 is 1.62 bits per heavy atom. The summed E-state index contributed by atoms with van der Waals surface area (Å²) in [5.41, 5.74) is 9.52. The summed E-state index contributed by atoms with van der Waals surface area (Å²) < 4.78 is 0. The lowest BCUT2D eigenvalue weighted by molar-refractivity contribution is 0.618. The highest BCUT2D eigenvalue weighted by molar-refractivity contribution is 5.14. The summed E-state index contributed by atoms with van der Waals surface area (Å²) in [4.78, 5) is 2.73. The fourth-order valence-corrected chi connectivity index (χ4v) is 1.73. The van der Waals surface area contributed by atoms with E-state index in [0.717, 1.165) is 6.42 Å². The summed E-state index contributed by atoms with van der Waals surface area (Å²) in [6.45, 7) is 0.648. The molecule has 0 unspecified atom stereocenters. The van der Waals surface area contributed by atoms with Gasteiger partial charge in [0.05, 0.1) is 0 Å². The number of nitrogens with zero attached hydrogens (tertiary/aromatic N) is 3. The third-order valence-corrected chi connectivity index (χ3v) is 2.63. The lowest BCUT2D eigenvalue weighted by atomic mass is 10.1. The highest BCUT2D eigenvalue weighted by Crippen LogP contribution is 2.08. The number of unbranched alkanes of at least 4 members (excludes halogenated alkanes) is 4. The van der Waals surface area contributed by atoms with Crippen LogP contribution in [0.3, 0.4) is 0 Å². The second-order valence-corrected chi connectivity index (χ2v) is 3.96. The molecule has 0 saturated heterocycles. The van der Waals surface area contributed by atoms with Gasteiger partial charge in [-0.05, 0) is 30.4 Å². The van der Waals surface area contributed by atoms with E-state index in [-0.39, 0.29) is 0 Å². The fourth-order valence-electron chi connectivity index (χ4n) is 1.73. The number of benzene rings is 1. The van der Waals surface area contributed by atoms with Gasteiger partial charge in [-0.15, -0.1) is 0 Å². The first-order valence-electron chi connectivity index (χ1n) is 5.98. The van der Waals surface area contributed by atoms with E-state index in [1.165, 1.54) is 37.7 Å². The number of hydrogen-bond acceptors (Lipinski definition) is 1. The van der Waals surface area contributed by atoms with Crippen molar-refractivity contribution in [1.82, 2.24) is 0 Å². The predicted octanol–water partition coefficient (Wildman–Crippen LogP) is 4.49. The molecule has 0 spiro atoms. The van der Waals surface area contributed by atoms with E-state index in [2.05, 4.69) is 40.4 Å². The highest BCUT2D eigenvalue weighted by atomic mass is 15.1. The molecule has 0 aromatic heterocycles. The van der Waals surface area contributed by atoms with Crippen LogP contribution < -0.4 is 0 Å². The third-order valence-electron chi connectivity index (χ3n) is 2.63. The first-order valence-corrected chi connectivity index (χ1v) is 5.98. The van der Waals surface area contributed by atoms with Crippen molar-refractivity contribution in [2.75, 3.05) is 6.54 Å². The van der Waals surface area contributed by atoms with Crippen molar-refractivity contribution in [2.24, 2.45) is 5.11 Å². The fraction of sp³-hybridized carbons (Fsp3) is 0.538. The molecule has 3 heteroatoms. The minimum Gasteiger partial charge on any atom is -0.0940 e. The van der Waals surface area contributed by atoms with Crippen LogP contribution in [0.5, 0.6) is 0 Å². The van der Waals surface area contributed by atoms with Crippen LogP contribution in [0.1, 0.15) is 37.7 Å². The van der Waals surface area contributed by atoms with Crippen LogP contribution in [0.2, 0.25) is 0 Å². The van der Waals surface area contributed by atoms with E-state index in [9.17, 15) is 0 Å². The van der Waals surface area contributed by atoms with Crippen LogP contribution in [0.4, 0.5) is 0 Å². The van der Waals surface area contributed by atoms with Crippen molar-refractivity contribution in [3.8, 4) is 0 Å². The minimum atomic E-state index is 0.648. The first-order chi connectivity index (χ1) is 7.93. The van der Waals surface area contributed by atoms with E-state index in [4.69, 9.17) is 5.53 Å². The lowest BCUT2D eigenvalue weighted by Crippen LogP contribution is -1.86. The summed E-state index contributed by atoms with van der Waals surface area (Å²) in [5, 5.41) is 3.52. The third kappa shape index (κ3) is 6.10. The molecule has 0 bridgehead atoms. The molecular weight excluding hydrogens is 198 g/mol. The number of aryl methyl sites for hydroxylation is 1. The molecular formula is C13H19N3. The molecule has 3 nitrogen and oxygen atoms in total. The summed E-state index contributed by atoms with van der Waals surface area (Å²) in [6.07, 6.45) is 7.14. The quantitative estimate of drug-likeness (QED) is 0.266. The average molecular weight is 217 g/mol. The van der Waals surface area contributed by atoms with Gasteiger partial charge in [-0.1, -0.05) is 54.7 Å². The van der Waals surface area contributed by atoms with Gasteiger partial charge in [-0.2, -0.15) is 0 Å². The van der Waals surface area contributed by atoms with E-state index >= 15 is 0 Å². The summed E-state index contributed by atoms with van der Waals surface area (Å²) >= 11 is 0. The molecule has 0 aliphatic rings. The largest absolute Gasteiger partial charge is 0.0940 e. The molecule has 86 valence electrons. The monoisotopic (exact) mass is 217 g/mol. The first kappa shape index (κ1) is 12.6. The SMILES string of the molecule is [N-]=[N+]=NCCCCCCCc1ccccc1. The molecule has 1 rings (SSSR count). The van der Waals surface area contributed by atoms with Gasteiger partial charge in [0.1, 0.15) is 0 Å². The van der Waals surface area contributed by atoms with Gasteiger partial charge in [-0.3, -0.25) is 0 Å². The van der Waals surface area contributed by atoms with Crippen LogP contribution in [0, 0.1) is 0 Å². The maximum atomic E-state index is 8.09. The van der Waals surface area contributed by atoms with Gasteiger partial charge in [0.25, 0.3) is 0 Å². The zero-order valence-electron chi connectivity index (χ0n) is 9.68. The number of rotatable bonds is 8. The standard InChI is InChI=1S/C13H19N3/c14-16-15-12-8-3-1-2-5-9-13-10-6-4-7-11-13/h4,6-7,10-11H,1-3,5,8-9,12H2. The Bertz CT molecular complexity index is 315. The molecule has 0 amide bonds. The Morgan fingerprint density at radius 3 is 2.38 bits per heavy atom. The smallest absolute Gasteiger partial charge is 0.0257 e. The van der Waals surface area contributed by atoms with Gasteiger partial charge >= 0.3 is 0 Å². The molecule has 0 N–H and O–H groups in total. The molecule has 0 fully saturated rings. The van der Waals surface area contributed by atoms with Crippen molar-refractivity contribution >= 4 is 0 Å². The van der Waals surface area contributed by atoms with Crippen molar-refractivity contribution in [2.45, 2.75) is 38.5 Å². The topological polar surface area (TPSA) is 48.8 Å².